The quantitative estimate of drug-likeness (QED) is 0.231. The number of carbonyl (C=O) groups excluding carboxylic acids is 5. The smallest absolute Gasteiger partial charge is 0.303 e. The Bertz CT molecular complexity index is 961. The van der Waals surface area contributed by atoms with Gasteiger partial charge in [0.2, 0.25) is 0 Å². The van der Waals surface area contributed by atoms with Crippen LogP contribution in [0.4, 0.5) is 0 Å². The molecule has 0 N–H and O–H groups in total. The lowest BCUT2D eigenvalue weighted by Gasteiger charge is -2.49. The first-order valence-corrected chi connectivity index (χ1v) is 10.4. The summed E-state index contributed by atoms with van der Waals surface area (Å²) in [6.07, 6.45) is -4.95. The Morgan fingerprint density at radius 3 is 1.94 bits per heavy atom. The molecule has 2 aliphatic heterocycles. The molecule has 1 aromatic rings. The molecule has 12 nitrogen and oxygen atoms in total. The van der Waals surface area contributed by atoms with Gasteiger partial charge < -0.3 is 18.9 Å². The molecule has 2 heterocycles. The van der Waals surface area contributed by atoms with E-state index >= 15 is 0 Å². The average molecular weight is 478 g/mol. The number of nitrogens with zero attached hydrogens (tertiary/aromatic N) is 2. The second-order valence-electron chi connectivity index (χ2n) is 7.76. The highest BCUT2D eigenvalue weighted by Crippen LogP contribution is 2.36. The van der Waals surface area contributed by atoms with Crippen molar-refractivity contribution in [2.75, 3.05) is 20.8 Å². The number of ether oxygens (including phenoxy) is 4. The standard InChI is InChI=1S/C22H26N2O10/c1-11(25)31-10-16-18(32-12(2)26)19(33-13(3)27)17(22(34-16)23(4)30-5)24-20(28)14-8-6-7-9-15(14)21(24)29/h6-9,16-19,22H,10H2,1-5H3/t16-,17-,18-,19-,22-/m1/s1. The maximum absolute atomic E-state index is 13.3. The summed E-state index contributed by atoms with van der Waals surface area (Å²) in [5.41, 5.74) is 0.331. The van der Waals surface area contributed by atoms with Gasteiger partial charge in [0.25, 0.3) is 11.8 Å². The lowest BCUT2D eigenvalue weighted by atomic mass is 9.93. The number of amides is 2. The normalized spacial score (nSPS) is 26.3. The van der Waals surface area contributed by atoms with Gasteiger partial charge in [-0.3, -0.25) is 33.7 Å². The molecule has 12 heteroatoms. The third kappa shape index (κ3) is 4.93. The summed E-state index contributed by atoms with van der Waals surface area (Å²) in [7, 11) is 2.82. The molecule has 0 saturated carbocycles. The molecule has 0 spiro atoms. The van der Waals surface area contributed by atoms with Gasteiger partial charge in [0, 0.05) is 27.8 Å². The highest BCUT2D eigenvalue weighted by atomic mass is 16.7. The van der Waals surface area contributed by atoms with E-state index in [1.165, 1.54) is 38.3 Å². The number of benzene rings is 1. The first-order valence-electron chi connectivity index (χ1n) is 10.4. The van der Waals surface area contributed by atoms with Crippen molar-refractivity contribution in [2.24, 2.45) is 0 Å². The number of imide groups is 1. The van der Waals surface area contributed by atoms with Gasteiger partial charge in [-0.1, -0.05) is 12.1 Å². The van der Waals surface area contributed by atoms with Crippen molar-refractivity contribution in [1.82, 2.24) is 9.96 Å². The fourth-order valence-electron chi connectivity index (χ4n) is 4.06. The molecule has 1 fully saturated rings. The lowest BCUT2D eigenvalue weighted by molar-refractivity contribution is -0.306. The Morgan fingerprint density at radius 1 is 0.941 bits per heavy atom. The minimum atomic E-state index is -1.36. The largest absolute Gasteiger partial charge is 0.463 e. The number of carbonyl (C=O) groups is 5. The Morgan fingerprint density at radius 2 is 1.47 bits per heavy atom. The van der Waals surface area contributed by atoms with Crippen molar-refractivity contribution >= 4 is 29.7 Å². The van der Waals surface area contributed by atoms with Crippen LogP contribution < -0.4 is 0 Å². The molecule has 2 aliphatic rings. The van der Waals surface area contributed by atoms with Crippen LogP contribution in [0.2, 0.25) is 0 Å². The van der Waals surface area contributed by atoms with Crippen LogP contribution in [-0.2, 0) is 38.2 Å². The minimum Gasteiger partial charge on any atom is -0.463 e. The van der Waals surface area contributed by atoms with E-state index in [1.807, 2.05) is 0 Å². The fraction of sp³-hybridized carbons (Fsp3) is 0.500. The van der Waals surface area contributed by atoms with Crippen molar-refractivity contribution in [3.05, 3.63) is 35.4 Å². The summed E-state index contributed by atoms with van der Waals surface area (Å²) in [4.78, 5) is 68.2. The number of rotatable bonds is 7. The molecule has 34 heavy (non-hydrogen) atoms. The third-order valence-electron chi connectivity index (χ3n) is 5.46. The Balaban J connectivity index is 2.12. The molecular weight excluding hydrogens is 452 g/mol. The van der Waals surface area contributed by atoms with E-state index in [9.17, 15) is 24.0 Å². The zero-order valence-electron chi connectivity index (χ0n) is 19.4. The van der Waals surface area contributed by atoms with Crippen LogP contribution in [0.5, 0.6) is 0 Å². The number of likely N-dealkylation sites (N-methyl/N-ethyl adjacent to an activating group) is 1. The van der Waals surface area contributed by atoms with E-state index in [-0.39, 0.29) is 17.7 Å². The van der Waals surface area contributed by atoms with Gasteiger partial charge in [-0.25, -0.2) is 0 Å². The number of fused-ring (bicyclic) bond motifs is 1. The van der Waals surface area contributed by atoms with Gasteiger partial charge in [0.15, 0.2) is 18.4 Å². The summed E-state index contributed by atoms with van der Waals surface area (Å²) in [6, 6.07) is 4.96. The second kappa shape index (κ2) is 10.3. The van der Waals surface area contributed by atoms with Crippen LogP contribution in [0.15, 0.2) is 24.3 Å². The van der Waals surface area contributed by atoms with E-state index < -0.39 is 60.3 Å². The first kappa shape index (κ1) is 25.3. The molecule has 1 aromatic carbocycles. The number of hydrogen-bond acceptors (Lipinski definition) is 11. The van der Waals surface area contributed by atoms with Crippen molar-refractivity contribution in [3.8, 4) is 0 Å². The van der Waals surface area contributed by atoms with Crippen molar-refractivity contribution in [2.45, 2.75) is 51.4 Å². The molecule has 0 bridgehead atoms. The average Bonchev–Trinajstić information content (AvgIpc) is 3.02. The van der Waals surface area contributed by atoms with Crippen LogP contribution in [0.3, 0.4) is 0 Å². The van der Waals surface area contributed by atoms with Crippen LogP contribution in [0.1, 0.15) is 41.5 Å². The van der Waals surface area contributed by atoms with Crippen molar-refractivity contribution in [3.63, 3.8) is 0 Å². The van der Waals surface area contributed by atoms with Crippen LogP contribution in [0, 0.1) is 0 Å². The van der Waals surface area contributed by atoms with E-state index in [0.29, 0.717) is 0 Å². The highest BCUT2D eigenvalue weighted by Gasteiger charge is 2.57. The number of esters is 3. The summed E-state index contributed by atoms with van der Waals surface area (Å²) >= 11 is 0. The maximum Gasteiger partial charge on any atom is 0.303 e. The molecule has 2 amide bonds. The summed E-state index contributed by atoms with van der Waals surface area (Å²) in [6.45, 7) is 3.11. The third-order valence-corrected chi connectivity index (χ3v) is 5.46. The van der Waals surface area contributed by atoms with E-state index in [1.54, 1.807) is 12.1 Å². The van der Waals surface area contributed by atoms with E-state index in [2.05, 4.69) is 0 Å². The summed E-state index contributed by atoms with van der Waals surface area (Å²) in [5.74, 6) is -3.39. The monoisotopic (exact) mass is 478 g/mol. The maximum atomic E-state index is 13.3. The van der Waals surface area contributed by atoms with Crippen molar-refractivity contribution < 1.29 is 47.8 Å². The van der Waals surface area contributed by atoms with Gasteiger partial charge in [0.1, 0.15) is 18.8 Å². The predicted octanol–water partition coefficient (Wildman–Crippen LogP) is 0.296. The Hall–Kier alpha value is -3.35. The van der Waals surface area contributed by atoms with Gasteiger partial charge in [-0.05, 0) is 12.1 Å². The molecule has 0 aromatic heterocycles. The number of hydrogen-bond donors (Lipinski definition) is 0. The van der Waals surface area contributed by atoms with Crippen LogP contribution in [-0.4, -0.2) is 91.0 Å². The molecule has 184 valence electrons. The molecule has 5 atom stereocenters. The predicted molar refractivity (Wildman–Crippen MR) is 112 cm³/mol. The molecule has 0 aliphatic carbocycles. The first-order chi connectivity index (χ1) is 16.1. The van der Waals surface area contributed by atoms with Gasteiger partial charge in [-0.15, -0.1) is 0 Å². The zero-order valence-corrected chi connectivity index (χ0v) is 19.4. The molecule has 3 rings (SSSR count). The van der Waals surface area contributed by atoms with E-state index in [0.717, 1.165) is 18.7 Å². The molecule has 1 saturated heterocycles. The second-order valence-corrected chi connectivity index (χ2v) is 7.76. The molecular formula is C22H26N2O10. The van der Waals surface area contributed by atoms with Gasteiger partial charge in [0.05, 0.1) is 18.2 Å². The number of hydroxylamine groups is 2. The Labute approximate surface area is 195 Å². The van der Waals surface area contributed by atoms with Crippen LogP contribution in [0.25, 0.3) is 0 Å². The topological polar surface area (TPSA) is 138 Å². The molecule has 0 unspecified atom stereocenters. The SMILES string of the molecule is CON(C)[C@@H]1O[C@H](COC(C)=O)[C@@H](OC(C)=O)[C@H](OC(C)=O)[C@H]1N1C(=O)c2ccccc2C1=O. The fourth-order valence-corrected chi connectivity index (χ4v) is 4.06. The van der Waals surface area contributed by atoms with Gasteiger partial charge in [-0.2, -0.15) is 5.06 Å². The highest BCUT2D eigenvalue weighted by molar-refractivity contribution is 6.21. The van der Waals surface area contributed by atoms with Crippen LogP contribution >= 0.6 is 0 Å². The van der Waals surface area contributed by atoms with E-state index in [4.69, 9.17) is 23.8 Å². The van der Waals surface area contributed by atoms with Crippen molar-refractivity contribution in [1.29, 1.82) is 0 Å². The molecule has 0 radical (unpaired) electrons. The summed E-state index contributed by atoms with van der Waals surface area (Å²) in [5, 5.41) is 1.22. The minimum absolute atomic E-state index is 0.166. The zero-order chi connectivity index (χ0) is 25.2. The Kier molecular flexibility index (Phi) is 7.64. The summed E-state index contributed by atoms with van der Waals surface area (Å²) < 4.78 is 22.0. The van der Waals surface area contributed by atoms with Gasteiger partial charge >= 0.3 is 17.9 Å². The lowest BCUT2D eigenvalue weighted by Crippen LogP contribution is -2.69.